The van der Waals surface area contributed by atoms with E-state index in [4.69, 9.17) is 0 Å². The highest BCUT2D eigenvalue weighted by molar-refractivity contribution is 7.86. The SMILES string of the molecule is CCCCCS(=O)(=O)OF.c1ccncc1. The zero-order valence-electron chi connectivity index (χ0n) is 9.17. The summed E-state index contributed by atoms with van der Waals surface area (Å²) in [5.41, 5.74) is 0. The van der Waals surface area contributed by atoms with E-state index in [1.165, 1.54) is 0 Å². The summed E-state index contributed by atoms with van der Waals surface area (Å²) in [5, 5.41) is 0. The molecule has 0 saturated carbocycles. The van der Waals surface area contributed by atoms with Gasteiger partial charge in [-0.25, -0.2) is 0 Å². The Labute approximate surface area is 95.5 Å². The van der Waals surface area contributed by atoms with Crippen LogP contribution in [0.4, 0.5) is 4.53 Å². The Bertz CT molecular complexity index is 316. The Hall–Kier alpha value is -1.01. The molecule has 92 valence electrons. The van der Waals surface area contributed by atoms with Gasteiger partial charge in [-0.2, -0.15) is 8.42 Å². The van der Waals surface area contributed by atoms with Crippen molar-refractivity contribution in [3.8, 4) is 0 Å². The van der Waals surface area contributed by atoms with Gasteiger partial charge in [0, 0.05) is 12.4 Å². The molecule has 0 spiro atoms. The lowest BCUT2D eigenvalue weighted by Crippen LogP contribution is -2.05. The first-order valence-corrected chi connectivity index (χ1v) is 6.58. The van der Waals surface area contributed by atoms with E-state index in [2.05, 4.69) is 9.37 Å². The molecule has 0 aliphatic carbocycles. The van der Waals surface area contributed by atoms with Crippen LogP contribution in [-0.4, -0.2) is 19.2 Å². The predicted octanol–water partition coefficient (Wildman–Crippen LogP) is 2.49. The van der Waals surface area contributed by atoms with Gasteiger partial charge in [0.25, 0.3) is 10.1 Å². The first-order chi connectivity index (χ1) is 7.62. The first kappa shape index (κ1) is 15.0. The van der Waals surface area contributed by atoms with Gasteiger partial charge in [0.15, 0.2) is 0 Å². The zero-order valence-corrected chi connectivity index (χ0v) is 9.99. The third-order valence-corrected chi connectivity index (χ3v) is 2.64. The minimum atomic E-state index is -3.86. The fourth-order valence-electron chi connectivity index (χ4n) is 0.873. The van der Waals surface area contributed by atoms with Gasteiger partial charge in [-0.1, -0.05) is 30.2 Å². The summed E-state index contributed by atoms with van der Waals surface area (Å²) in [5.74, 6) is -0.225. The molecule has 4 nitrogen and oxygen atoms in total. The van der Waals surface area contributed by atoms with Gasteiger partial charge < -0.3 is 0 Å². The molecule has 6 heteroatoms. The van der Waals surface area contributed by atoms with Gasteiger partial charge in [-0.05, 0) is 23.1 Å². The molecular weight excluding hydrogens is 233 g/mol. The topological polar surface area (TPSA) is 56.3 Å². The van der Waals surface area contributed by atoms with Crippen LogP contribution < -0.4 is 0 Å². The number of nitrogens with zero attached hydrogens (tertiary/aromatic N) is 1. The lowest BCUT2D eigenvalue weighted by Gasteiger charge is -1.94. The van der Waals surface area contributed by atoms with Crippen LogP contribution in [0, 0.1) is 0 Å². The number of aromatic nitrogens is 1. The molecule has 0 aromatic carbocycles. The molecule has 1 heterocycles. The number of unbranched alkanes of at least 4 members (excludes halogenated alkanes) is 2. The summed E-state index contributed by atoms with van der Waals surface area (Å²) in [6.07, 6.45) is 5.65. The summed E-state index contributed by atoms with van der Waals surface area (Å²) >= 11 is 0. The van der Waals surface area contributed by atoms with E-state index >= 15 is 0 Å². The molecule has 1 rings (SSSR count). The van der Waals surface area contributed by atoms with Crippen molar-refractivity contribution in [3.05, 3.63) is 30.6 Å². The standard InChI is InChI=1S/C5H11FO3S.C5H5N/c1-2-3-4-5-10(7,8)9-6;1-2-4-6-5-3-1/h2-5H2,1H3;1-5H. The molecule has 0 radical (unpaired) electrons. The van der Waals surface area contributed by atoms with E-state index in [9.17, 15) is 12.9 Å². The first-order valence-electron chi connectivity index (χ1n) is 5.00. The van der Waals surface area contributed by atoms with Gasteiger partial charge in [0.1, 0.15) is 0 Å². The quantitative estimate of drug-likeness (QED) is 0.752. The van der Waals surface area contributed by atoms with Gasteiger partial charge >= 0.3 is 0 Å². The Kier molecular flexibility index (Phi) is 8.65. The van der Waals surface area contributed by atoms with E-state index in [0.29, 0.717) is 6.42 Å². The maximum absolute atomic E-state index is 11.1. The Morgan fingerprint density at radius 1 is 1.19 bits per heavy atom. The van der Waals surface area contributed by atoms with E-state index in [-0.39, 0.29) is 5.75 Å². The molecule has 0 amide bonds. The minimum absolute atomic E-state index is 0.225. The van der Waals surface area contributed by atoms with E-state index in [1.54, 1.807) is 12.4 Å². The highest BCUT2D eigenvalue weighted by Crippen LogP contribution is 2.01. The molecule has 0 unspecified atom stereocenters. The fraction of sp³-hybridized carbons (Fsp3) is 0.500. The monoisotopic (exact) mass is 249 g/mol. The molecule has 16 heavy (non-hydrogen) atoms. The number of hydrogen-bond donors (Lipinski definition) is 0. The Morgan fingerprint density at radius 2 is 1.81 bits per heavy atom. The molecule has 0 fully saturated rings. The normalized spacial score (nSPS) is 10.4. The lowest BCUT2D eigenvalue weighted by molar-refractivity contribution is 0.00289. The third-order valence-electron chi connectivity index (χ3n) is 1.66. The number of halogens is 1. The molecule has 0 N–H and O–H groups in total. The molecule has 0 bridgehead atoms. The van der Waals surface area contributed by atoms with Crippen molar-refractivity contribution in [1.29, 1.82) is 0 Å². The van der Waals surface area contributed by atoms with Crippen molar-refractivity contribution < 1.29 is 17.3 Å². The molecule has 0 aliphatic heterocycles. The van der Waals surface area contributed by atoms with Crippen LogP contribution in [-0.2, 0) is 14.5 Å². The number of pyridine rings is 1. The number of rotatable bonds is 5. The molecule has 1 aromatic heterocycles. The Balaban J connectivity index is 0.000000315. The van der Waals surface area contributed by atoms with Gasteiger partial charge in [-0.3, -0.25) is 4.98 Å². The predicted molar refractivity (Wildman–Crippen MR) is 59.7 cm³/mol. The summed E-state index contributed by atoms with van der Waals surface area (Å²) in [4.78, 5) is 3.78. The summed E-state index contributed by atoms with van der Waals surface area (Å²) in [7, 11) is -3.86. The van der Waals surface area contributed by atoms with Gasteiger partial charge in [0.2, 0.25) is 0 Å². The number of hydrogen-bond acceptors (Lipinski definition) is 4. The second kappa shape index (κ2) is 9.23. The van der Waals surface area contributed by atoms with E-state index in [0.717, 1.165) is 12.8 Å². The van der Waals surface area contributed by atoms with Crippen molar-refractivity contribution in [2.75, 3.05) is 5.75 Å². The van der Waals surface area contributed by atoms with Crippen LogP contribution in [0.25, 0.3) is 0 Å². The van der Waals surface area contributed by atoms with Crippen LogP contribution >= 0.6 is 0 Å². The van der Waals surface area contributed by atoms with Crippen molar-refractivity contribution >= 4 is 10.1 Å². The highest BCUT2D eigenvalue weighted by Gasteiger charge is 2.09. The van der Waals surface area contributed by atoms with Crippen LogP contribution in [0.1, 0.15) is 26.2 Å². The fourth-order valence-corrected chi connectivity index (χ4v) is 1.49. The minimum Gasteiger partial charge on any atom is -0.265 e. The molecule has 0 saturated heterocycles. The molecule has 0 aliphatic rings. The summed E-state index contributed by atoms with van der Waals surface area (Å²) in [6, 6.07) is 5.72. The van der Waals surface area contributed by atoms with Crippen LogP contribution in [0.3, 0.4) is 0 Å². The smallest absolute Gasteiger partial charge is 0.265 e. The highest BCUT2D eigenvalue weighted by atomic mass is 32.2. The lowest BCUT2D eigenvalue weighted by atomic mass is 10.3. The zero-order chi connectivity index (χ0) is 12.3. The maximum Gasteiger partial charge on any atom is 0.297 e. The maximum atomic E-state index is 11.1. The van der Waals surface area contributed by atoms with Gasteiger partial charge in [0.05, 0.1) is 5.75 Å². The van der Waals surface area contributed by atoms with Crippen molar-refractivity contribution in [2.45, 2.75) is 26.2 Å². The largest absolute Gasteiger partial charge is 0.297 e. The van der Waals surface area contributed by atoms with Crippen molar-refractivity contribution in [2.24, 2.45) is 0 Å². The average Bonchev–Trinajstić information content (AvgIpc) is 2.32. The molecular formula is C10H16FNO3S. The second-order valence-corrected chi connectivity index (χ2v) is 4.71. The van der Waals surface area contributed by atoms with E-state index < -0.39 is 10.1 Å². The second-order valence-electron chi connectivity index (χ2n) is 3.06. The average molecular weight is 249 g/mol. The van der Waals surface area contributed by atoms with Gasteiger partial charge in [-0.15, -0.1) is 0 Å². The molecule has 0 atom stereocenters. The van der Waals surface area contributed by atoms with Crippen LogP contribution in [0.2, 0.25) is 0 Å². The van der Waals surface area contributed by atoms with Crippen LogP contribution in [0.15, 0.2) is 30.6 Å². The van der Waals surface area contributed by atoms with Crippen molar-refractivity contribution in [1.82, 2.24) is 4.98 Å². The van der Waals surface area contributed by atoms with Crippen molar-refractivity contribution in [3.63, 3.8) is 0 Å². The van der Waals surface area contributed by atoms with E-state index in [1.807, 2.05) is 25.1 Å². The summed E-state index contributed by atoms with van der Waals surface area (Å²) < 4.78 is 34.4. The summed E-state index contributed by atoms with van der Waals surface area (Å²) in [6.45, 7) is 1.93. The molecule has 1 aromatic rings. The third kappa shape index (κ3) is 9.54. The Morgan fingerprint density at radius 3 is 2.12 bits per heavy atom. The van der Waals surface area contributed by atoms with Crippen LogP contribution in [0.5, 0.6) is 0 Å².